The molecule has 142 valence electrons. The van der Waals surface area contributed by atoms with Gasteiger partial charge in [-0.15, -0.1) is 0 Å². The molecule has 0 spiro atoms. The minimum absolute atomic E-state index is 0.300. The Morgan fingerprint density at radius 3 is 2.58 bits per heavy atom. The minimum atomic E-state index is 0.300. The Balaban J connectivity index is 0.00000117. The predicted octanol–water partition coefficient (Wildman–Crippen LogP) is 5.42. The maximum absolute atomic E-state index is 6.23. The van der Waals surface area contributed by atoms with Gasteiger partial charge in [-0.1, -0.05) is 32.0 Å². The molecule has 1 saturated heterocycles. The highest BCUT2D eigenvalue weighted by Gasteiger charge is 2.14. The van der Waals surface area contributed by atoms with Crippen LogP contribution in [-0.4, -0.2) is 26.3 Å². The van der Waals surface area contributed by atoms with Crippen LogP contribution in [0.1, 0.15) is 33.1 Å². The van der Waals surface area contributed by atoms with E-state index >= 15 is 0 Å². The summed E-state index contributed by atoms with van der Waals surface area (Å²) in [6.07, 6.45) is 3.86. The first-order chi connectivity index (χ1) is 12.7. The highest BCUT2D eigenvalue weighted by molar-refractivity contribution is 8.00. The van der Waals surface area contributed by atoms with Crippen molar-refractivity contribution < 1.29 is 4.74 Å². The standard InChI is InChI=1S/C19H25N3OS.C2H6/c1-22(24-17-8-3-2-4-9-17)15-10-11-19(18(20)13-15)21-14-16-7-5-6-12-23-16;1-2/h2-4,8-11,13,16,21H,5-7,12,14,20H2,1H3;1-2H3. The van der Waals surface area contributed by atoms with E-state index in [1.807, 2.05) is 38.1 Å². The Morgan fingerprint density at radius 1 is 1.15 bits per heavy atom. The lowest BCUT2D eigenvalue weighted by Gasteiger charge is -2.24. The first kappa shape index (κ1) is 20.5. The molecular formula is C21H31N3OS. The van der Waals surface area contributed by atoms with Crippen molar-refractivity contribution >= 4 is 29.0 Å². The van der Waals surface area contributed by atoms with E-state index in [1.165, 1.54) is 17.7 Å². The fraction of sp³-hybridized carbons (Fsp3) is 0.429. The van der Waals surface area contributed by atoms with Gasteiger partial charge in [0.2, 0.25) is 0 Å². The summed E-state index contributed by atoms with van der Waals surface area (Å²) in [6.45, 7) is 5.69. The van der Waals surface area contributed by atoms with Crippen molar-refractivity contribution in [3.8, 4) is 0 Å². The third-order valence-electron chi connectivity index (χ3n) is 4.18. The summed E-state index contributed by atoms with van der Waals surface area (Å²) in [5, 5.41) is 3.42. The normalized spacial score (nSPS) is 16.3. The molecule has 1 unspecified atom stereocenters. The van der Waals surface area contributed by atoms with Crippen LogP contribution in [0.4, 0.5) is 17.1 Å². The van der Waals surface area contributed by atoms with Crippen molar-refractivity contribution in [1.82, 2.24) is 0 Å². The molecule has 3 rings (SSSR count). The zero-order valence-corrected chi connectivity index (χ0v) is 16.9. The average Bonchev–Trinajstić information content (AvgIpc) is 2.70. The van der Waals surface area contributed by atoms with Crippen LogP contribution in [0.25, 0.3) is 0 Å². The van der Waals surface area contributed by atoms with Gasteiger partial charge in [-0.25, -0.2) is 0 Å². The number of nitrogen functional groups attached to an aromatic ring is 1. The molecule has 0 aliphatic carbocycles. The van der Waals surface area contributed by atoms with Crippen molar-refractivity contribution in [1.29, 1.82) is 0 Å². The Kier molecular flexibility index (Phi) is 8.65. The molecule has 0 radical (unpaired) electrons. The van der Waals surface area contributed by atoms with Crippen LogP contribution in [-0.2, 0) is 4.74 Å². The summed E-state index contributed by atoms with van der Waals surface area (Å²) in [5.74, 6) is 0. The first-order valence-corrected chi connectivity index (χ1v) is 10.2. The number of nitrogens with zero attached hydrogens (tertiary/aromatic N) is 1. The van der Waals surface area contributed by atoms with E-state index in [2.05, 4.69) is 40.9 Å². The van der Waals surface area contributed by atoms with Crippen molar-refractivity contribution in [2.45, 2.75) is 44.1 Å². The zero-order valence-electron chi connectivity index (χ0n) is 16.1. The van der Waals surface area contributed by atoms with E-state index in [9.17, 15) is 0 Å². The van der Waals surface area contributed by atoms with Gasteiger partial charge in [0, 0.05) is 30.8 Å². The van der Waals surface area contributed by atoms with E-state index < -0.39 is 0 Å². The molecule has 1 heterocycles. The summed E-state index contributed by atoms with van der Waals surface area (Å²) in [6, 6.07) is 16.5. The molecule has 0 aromatic heterocycles. The second-order valence-corrected chi connectivity index (χ2v) is 7.24. The maximum Gasteiger partial charge on any atom is 0.0747 e. The number of benzene rings is 2. The molecule has 1 fully saturated rings. The van der Waals surface area contributed by atoms with Gasteiger partial charge in [-0.3, -0.25) is 0 Å². The van der Waals surface area contributed by atoms with E-state index in [4.69, 9.17) is 10.5 Å². The topological polar surface area (TPSA) is 50.5 Å². The third kappa shape index (κ3) is 6.15. The van der Waals surface area contributed by atoms with Crippen molar-refractivity contribution in [3.63, 3.8) is 0 Å². The molecule has 2 aromatic carbocycles. The number of ether oxygens (including phenoxy) is 1. The molecule has 3 N–H and O–H groups in total. The maximum atomic E-state index is 6.23. The number of rotatable bonds is 6. The lowest BCUT2D eigenvalue weighted by atomic mass is 10.1. The van der Waals surface area contributed by atoms with Gasteiger partial charge in [0.1, 0.15) is 0 Å². The summed E-state index contributed by atoms with van der Waals surface area (Å²) < 4.78 is 7.88. The minimum Gasteiger partial charge on any atom is -0.397 e. The SMILES string of the molecule is CC.CN(Sc1ccccc1)c1ccc(NCC2CCCCO2)c(N)c1. The molecule has 1 aliphatic heterocycles. The molecule has 2 aromatic rings. The van der Waals surface area contributed by atoms with Gasteiger partial charge in [0.15, 0.2) is 0 Å². The molecule has 4 nitrogen and oxygen atoms in total. The lowest BCUT2D eigenvalue weighted by Crippen LogP contribution is -2.27. The van der Waals surface area contributed by atoms with Crippen molar-refractivity contribution in [2.24, 2.45) is 0 Å². The van der Waals surface area contributed by atoms with E-state index in [0.717, 1.165) is 36.6 Å². The molecule has 0 amide bonds. The number of hydrogen-bond acceptors (Lipinski definition) is 5. The van der Waals surface area contributed by atoms with Gasteiger partial charge in [-0.05, 0) is 61.5 Å². The third-order valence-corrected chi connectivity index (χ3v) is 5.15. The molecule has 0 saturated carbocycles. The van der Waals surface area contributed by atoms with Crippen LogP contribution in [0.5, 0.6) is 0 Å². The molecule has 0 bridgehead atoms. The van der Waals surface area contributed by atoms with Crippen LogP contribution in [0, 0.1) is 0 Å². The van der Waals surface area contributed by atoms with E-state index in [0.29, 0.717) is 6.10 Å². The molecule has 5 heteroatoms. The number of hydrogen-bond donors (Lipinski definition) is 2. The Bertz CT molecular complexity index is 645. The van der Waals surface area contributed by atoms with Crippen LogP contribution in [0.3, 0.4) is 0 Å². The predicted molar refractivity (Wildman–Crippen MR) is 115 cm³/mol. The van der Waals surface area contributed by atoms with Gasteiger partial charge in [0.05, 0.1) is 17.5 Å². The quantitative estimate of drug-likeness (QED) is 0.523. The van der Waals surface area contributed by atoms with E-state index in [-0.39, 0.29) is 0 Å². The van der Waals surface area contributed by atoms with Gasteiger partial charge >= 0.3 is 0 Å². The van der Waals surface area contributed by atoms with Crippen molar-refractivity contribution in [2.75, 3.05) is 35.6 Å². The monoisotopic (exact) mass is 373 g/mol. The number of nitrogens with one attached hydrogen (secondary N) is 1. The highest BCUT2D eigenvalue weighted by Crippen LogP contribution is 2.31. The van der Waals surface area contributed by atoms with Gasteiger partial charge in [-0.2, -0.15) is 0 Å². The molecule has 1 atom stereocenters. The number of anilines is 3. The second kappa shape index (κ2) is 11.0. The zero-order chi connectivity index (χ0) is 18.8. The summed E-state index contributed by atoms with van der Waals surface area (Å²) in [7, 11) is 2.05. The smallest absolute Gasteiger partial charge is 0.0747 e. The largest absolute Gasteiger partial charge is 0.397 e. The second-order valence-electron chi connectivity index (χ2n) is 6.04. The highest BCUT2D eigenvalue weighted by atomic mass is 32.2. The number of nitrogens with two attached hydrogens (primary N) is 1. The Morgan fingerprint density at radius 2 is 1.92 bits per heavy atom. The van der Waals surface area contributed by atoms with Gasteiger partial charge in [0.25, 0.3) is 0 Å². The summed E-state index contributed by atoms with van der Waals surface area (Å²) in [5.41, 5.74) is 9.06. The van der Waals surface area contributed by atoms with Crippen LogP contribution < -0.4 is 15.4 Å². The van der Waals surface area contributed by atoms with Crippen LogP contribution in [0.15, 0.2) is 53.4 Å². The van der Waals surface area contributed by atoms with E-state index in [1.54, 1.807) is 11.9 Å². The van der Waals surface area contributed by atoms with Crippen molar-refractivity contribution in [3.05, 3.63) is 48.5 Å². The Labute approximate surface area is 162 Å². The molecule has 1 aliphatic rings. The summed E-state index contributed by atoms with van der Waals surface area (Å²) >= 11 is 1.68. The Hall–Kier alpha value is -1.85. The fourth-order valence-corrected chi connectivity index (χ4v) is 3.61. The fourth-order valence-electron chi connectivity index (χ4n) is 2.79. The van der Waals surface area contributed by atoms with Gasteiger partial charge < -0.3 is 20.1 Å². The van der Waals surface area contributed by atoms with Crippen LogP contribution in [0.2, 0.25) is 0 Å². The lowest BCUT2D eigenvalue weighted by molar-refractivity contribution is 0.0248. The molecule has 26 heavy (non-hydrogen) atoms. The van der Waals surface area contributed by atoms with Crippen LogP contribution >= 0.6 is 11.9 Å². The average molecular weight is 374 g/mol. The molecular weight excluding hydrogens is 342 g/mol. The summed E-state index contributed by atoms with van der Waals surface area (Å²) in [4.78, 5) is 1.20. The first-order valence-electron chi connectivity index (χ1n) is 9.44.